The van der Waals surface area contributed by atoms with Crippen molar-refractivity contribution in [2.24, 2.45) is 5.73 Å². The summed E-state index contributed by atoms with van der Waals surface area (Å²) in [6.45, 7) is 0. The number of anilines is 1. The summed E-state index contributed by atoms with van der Waals surface area (Å²) in [4.78, 5) is 35.2. The smallest absolute Gasteiger partial charge is 0.258 e. The van der Waals surface area contributed by atoms with Crippen molar-refractivity contribution in [3.8, 4) is 5.75 Å². The predicted molar refractivity (Wildman–Crippen MR) is 63.1 cm³/mol. The SMILES string of the molecule is COc1ccc(C(N)=O)cc1N1C(=O)C=CC1=O. The quantitative estimate of drug-likeness (QED) is 0.773. The van der Waals surface area contributed by atoms with Crippen molar-refractivity contribution >= 4 is 23.4 Å². The van der Waals surface area contributed by atoms with Gasteiger partial charge >= 0.3 is 0 Å². The Morgan fingerprint density at radius 3 is 2.33 bits per heavy atom. The predicted octanol–water partition coefficient (Wildman–Crippen LogP) is 0.224. The highest BCUT2D eigenvalue weighted by Gasteiger charge is 2.28. The third-order valence-corrected chi connectivity index (χ3v) is 2.51. The fourth-order valence-corrected chi connectivity index (χ4v) is 1.66. The van der Waals surface area contributed by atoms with Gasteiger partial charge in [-0.05, 0) is 18.2 Å². The molecule has 2 rings (SSSR count). The molecular formula is C12H10N2O4. The number of hydrogen-bond donors (Lipinski definition) is 1. The second kappa shape index (κ2) is 4.33. The van der Waals surface area contributed by atoms with Crippen molar-refractivity contribution in [1.29, 1.82) is 0 Å². The van der Waals surface area contributed by atoms with Gasteiger partial charge in [0.05, 0.1) is 12.8 Å². The summed E-state index contributed by atoms with van der Waals surface area (Å²) in [5, 5.41) is 0. The standard InChI is InChI=1S/C12H10N2O4/c1-18-9-3-2-7(12(13)17)6-8(9)14-10(15)4-5-11(14)16/h2-6H,1H3,(H2,13,17). The summed E-state index contributed by atoms with van der Waals surface area (Å²) in [6.07, 6.45) is 2.30. The molecule has 0 aromatic heterocycles. The van der Waals surface area contributed by atoms with Crippen LogP contribution in [0, 0.1) is 0 Å². The molecule has 1 heterocycles. The Balaban J connectivity index is 2.54. The van der Waals surface area contributed by atoms with E-state index in [2.05, 4.69) is 0 Å². The van der Waals surface area contributed by atoms with E-state index in [-0.39, 0.29) is 11.3 Å². The van der Waals surface area contributed by atoms with E-state index in [1.807, 2.05) is 0 Å². The molecule has 0 fully saturated rings. The van der Waals surface area contributed by atoms with E-state index >= 15 is 0 Å². The number of nitrogens with two attached hydrogens (primary N) is 1. The van der Waals surface area contributed by atoms with E-state index < -0.39 is 17.7 Å². The van der Waals surface area contributed by atoms with Gasteiger partial charge in [0.15, 0.2) is 0 Å². The number of amides is 3. The first-order valence-corrected chi connectivity index (χ1v) is 5.08. The first-order chi connectivity index (χ1) is 8.54. The number of primary amides is 1. The van der Waals surface area contributed by atoms with Crippen molar-refractivity contribution < 1.29 is 19.1 Å². The second-order valence-corrected chi connectivity index (χ2v) is 3.60. The minimum absolute atomic E-state index is 0.193. The molecular weight excluding hydrogens is 236 g/mol. The zero-order valence-corrected chi connectivity index (χ0v) is 9.54. The average Bonchev–Trinajstić information content (AvgIpc) is 2.68. The van der Waals surface area contributed by atoms with Gasteiger partial charge in [-0.3, -0.25) is 14.4 Å². The lowest BCUT2D eigenvalue weighted by Crippen LogP contribution is -2.30. The Hall–Kier alpha value is -2.63. The molecule has 2 N–H and O–H groups in total. The highest BCUT2D eigenvalue weighted by molar-refractivity contribution is 6.28. The molecule has 0 atom stereocenters. The van der Waals surface area contributed by atoms with Crippen molar-refractivity contribution in [2.75, 3.05) is 12.0 Å². The zero-order valence-electron chi connectivity index (χ0n) is 9.54. The van der Waals surface area contributed by atoms with Crippen molar-refractivity contribution in [3.05, 3.63) is 35.9 Å². The molecule has 0 unspecified atom stereocenters. The molecule has 0 radical (unpaired) electrons. The highest BCUT2D eigenvalue weighted by Crippen LogP contribution is 2.31. The van der Waals surface area contributed by atoms with Crippen molar-refractivity contribution in [3.63, 3.8) is 0 Å². The van der Waals surface area contributed by atoms with E-state index in [9.17, 15) is 14.4 Å². The number of carbonyl (C=O) groups is 3. The molecule has 0 aliphatic carbocycles. The summed E-state index contributed by atoms with van der Waals surface area (Å²) >= 11 is 0. The molecule has 92 valence electrons. The topological polar surface area (TPSA) is 89.7 Å². The van der Waals surface area contributed by atoms with Crippen molar-refractivity contribution in [1.82, 2.24) is 0 Å². The van der Waals surface area contributed by atoms with Gasteiger partial charge in [0.2, 0.25) is 5.91 Å². The van der Waals surface area contributed by atoms with Crippen molar-refractivity contribution in [2.45, 2.75) is 0 Å². The average molecular weight is 246 g/mol. The van der Waals surface area contributed by atoms with Crippen LogP contribution in [0.4, 0.5) is 5.69 Å². The van der Waals surface area contributed by atoms with Crippen LogP contribution in [0.3, 0.4) is 0 Å². The lowest BCUT2D eigenvalue weighted by molar-refractivity contribution is -0.120. The molecule has 1 aliphatic heterocycles. The summed E-state index contributed by atoms with van der Waals surface area (Å²) in [7, 11) is 1.40. The Morgan fingerprint density at radius 2 is 1.83 bits per heavy atom. The van der Waals surface area contributed by atoms with E-state index in [0.717, 1.165) is 17.1 Å². The summed E-state index contributed by atoms with van der Waals surface area (Å²) < 4.78 is 5.06. The van der Waals surface area contributed by atoms with Crippen LogP contribution in [0.25, 0.3) is 0 Å². The van der Waals surface area contributed by atoms with Crippen LogP contribution < -0.4 is 15.4 Å². The number of methoxy groups -OCH3 is 1. The van der Waals surface area contributed by atoms with E-state index in [1.54, 1.807) is 0 Å². The van der Waals surface area contributed by atoms with Gasteiger partial charge in [0.25, 0.3) is 11.8 Å². The van der Waals surface area contributed by atoms with Gasteiger partial charge in [-0.25, -0.2) is 4.90 Å². The molecule has 0 spiro atoms. The van der Waals surface area contributed by atoms with E-state index in [4.69, 9.17) is 10.5 Å². The molecule has 1 aromatic rings. The molecule has 6 heteroatoms. The number of carbonyl (C=O) groups excluding carboxylic acids is 3. The first-order valence-electron chi connectivity index (χ1n) is 5.08. The Kier molecular flexibility index (Phi) is 2.85. The molecule has 0 saturated carbocycles. The van der Waals surface area contributed by atoms with Crippen LogP contribution in [-0.2, 0) is 9.59 Å². The number of nitrogens with zero attached hydrogens (tertiary/aromatic N) is 1. The maximum Gasteiger partial charge on any atom is 0.258 e. The molecule has 1 aromatic carbocycles. The lowest BCUT2D eigenvalue weighted by Gasteiger charge is -2.17. The summed E-state index contributed by atoms with van der Waals surface area (Å²) in [6, 6.07) is 4.29. The molecule has 18 heavy (non-hydrogen) atoms. The Bertz CT molecular complexity index is 559. The van der Waals surface area contributed by atoms with Gasteiger partial charge in [-0.15, -0.1) is 0 Å². The number of ether oxygens (including phenoxy) is 1. The van der Waals surface area contributed by atoms with Gasteiger partial charge in [0.1, 0.15) is 5.75 Å². The fourth-order valence-electron chi connectivity index (χ4n) is 1.66. The lowest BCUT2D eigenvalue weighted by atomic mass is 10.1. The number of rotatable bonds is 3. The summed E-state index contributed by atoms with van der Waals surface area (Å²) in [5.41, 5.74) is 5.55. The van der Waals surface area contributed by atoms with Crippen LogP contribution in [0.15, 0.2) is 30.4 Å². The summed E-state index contributed by atoms with van der Waals surface area (Å²) in [5.74, 6) is -1.31. The minimum atomic E-state index is -0.647. The van der Waals surface area contributed by atoms with Crippen LogP contribution >= 0.6 is 0 Å². The van der Waals surface area contributed by atoms with Gasteiger partial charge < -0.3 is 10.5 Å². The highest BCUT2D eigenvalue weighted by atomic mass is 16.5. The number of hydrogen-bond acceptors (Lipinski definition) is 4. The van der Waals surface area contributed by atoms with Crippen LogP contribution in [0.2, 0.25) is 0 Å². The zero-order chi connectivity index (χ0) is 13.3. The normalized spacial score (nSPS) is 14.2. The number of imide groups is 1. The maximum absolute atomic E-state index is 11.6. The van der Waals surface area contributed by atoms with Gasteiger partial charge in [-0.2, -0.15) is 0 Å². The van der Waals surface area contributed by atoms with E-state index in [1.165, 1.54) is 25.3 Å². The maximum atomic E-state index is 11.6. The number of benzene rings is 1. The van der Waals surface area contributed by atoms with Gasteiger partial charge in [-0.1, -0.05) is 0 Å². The molecule has 6 nitrogen and oxygen atoms in total. The van der Waals surface area contributed by atoms with Gasteiger partial charge in [0, 0.05) is 17.7 Å². The Morgan fingerprint density at radius 1 is 1.22 bits per heavy atom. The third kappa shape index (κ3) is 1.84. The third-order valence-electron chi connectivity index (χ3n) is 2.51. The molecule has 0 saturated heterocycles. The molecule has 0 bridgehead atoms. The minimum Gasteiger partial charge on any atom is -0.495 e. The first kappa shape index (κ1) is 11.8. The van der Waals surface area contributed by atoms with Crippen LogP contribution in [0.5, 0.6) is 5.75 Å². The van der Waals surface area contributed by atoms with E-state index in [0.29, 0.717) is 5.75 Å². The van der Waals surface area contributed by atoms with Crippen LogP contribution in [0.1, 0.15) is 10.4 Å². The molecule has 3 amide bonds. The largest absolute Gasteiger partial charge is 0.495 e. The Labute approximate surface area is 103 Å². The second-order valence-electron chi connectivity index (χ2n) is 3.60. The monoisotopic (exact) mass is 246 g/mol. The molecule has 1 aliphatic rings. The van der Waals surface area contributed by atoms with Crippen LogP contribution in [-0.4, -0.2) is 24.8 Å². The fraction of sp³-hybridized carbons (Fsp3) is 0.0833.